The predicted molar refractivity (Wildman–Crippen MR) is 121 cm³/mol. The second kappa shape index (κ2) is 8.69. The van der Waals surface area contributed by atoms with Crippen molar-refractivity contribution in [2.24, 2.45) is 0 Å². The van der Waals surface area contributed by atoms with Crippen LogP contribution in [-0.4, -0.2) is 20.9 Å². The molecule has 2 N–H and O–H groups in total. The maximum absolute atomic E-state index is 11.8. The minimum atomic E-state index is -0.347. The van der Waals surface area contributed by atoms with Gasteiger partial charge in [-0.3, -0.25) is 4.79 Å². The van der Waals surface area contributed by atoms with Gasteiger partial charge in [0.05, 0.1) is 11.7 Å². The Morgan fingerprint density at radius 3 is 2.90 bits per heavy atom. The zero-order valence-corrected chi connectivity index (χ0v) is 17.2. The average Bonchev–Trinajstić information content (AvgIpc) is 3.24. The zero-order chi connectivity index (χ0) is 20.9. The number of nitrogens with one attached hydrogen (secondary N) is 2. The highest BCUT2D eigenvalue weighted by Gasteiger charge is 2.09. The molecule has 0 saturated carbocycles. The van der Waals surface area contributed by atoms with Gasteiger partial charge in [0, 0.05) is 17.1 Å². The fourth-order valence-electron chi connectivity index (χ4n) is 3.10. The largest absolute Gasteiger partial charge is 0.340 e. The highest BCUT2D eigenvalue weighted by Crippen LogP contribution is 2.26. The number of carbonyl (C=O) groups is 1. The number of rotatable bonds is 6. The molecule has 6 nitrogen and oxygen atoms in total. The maximum atomic E-state index is 11.8. The highest BCUT2D eigenvalue weighted by molar-refractivity contribution is 7.07. The van der Waals surface area contributed by atoms with Crippen LogP contribution in [0.4, 0.5) is 17.3 Å². The molecule has 1 amide bonds. The summed E-state index contributed by atoms with van der Waals surface area (Å²) in [4.78, 5) is 24.6. The maximum Gasteiger partial charge on any atom is 0.257 e. The van der Waals surface area contributed by atoms with Gasteiger partial charge in [0.15, 0.2) is 0 Å². The molecule has 4 aromatic rings. The van der Waals surface area contributed by atoms with Crippen LogP contribution in [0.3, 0.4) is 0 Å². The SMILES string of the molecule is C=C=CC(=O)Nc1cc2c(Nc3ccc(Cc4ccsc4)c(C)c3)ncnc2cn1. The number of anilines is 3. The number of amides is 1. The first-order valence-corrected chi connectivity index (χ1v) is 10.2. The summed E-state index contributed by atoms with van der Waals surface area (Å²) in [5.74, 6) is 0.696. The number of thiophene rings is 1. The van der Waals surface area contributed by atoms with Crippen molar-refractivity contribution in [2.75, 3.05) is 10.6 Å². The Labute approximate surface area is 178 Å². The molecule has 148 valence electrons. The first-order valence-electron chi connectivity index (χ1n) is 9.27. The number of aryl methyl sites for hydroxylation is 1. The summed E-state index contributed by atoms with van der Waals surface area (Å²) in [5, 5.41) is 11.1. The summed E-state index contributed by atoms with van der Waals surface area (Å²) in [6.07, 6.45) is 5.22. The molecule has 0 aliphatic heterocycles. The van der Waals surface area contributed by atoms with Crippen LogP contribution in [-0.2, 0) is 11.2 Å². The van der Waals surface area contributed by atoms with Crippen LogP contribution in [0.15, 0.2) is 72.0 Å². The molecule has 30 heavy (non-hydrogen) atoms. The Kier molecular flexibility index (Phi) is 5.66. The van der Waals surface area contributed by atoms with Gasteiger partial charge in [-0.2, -0.15) is 11.3 Å². The Morgan fingerprint density at radius 2 is 2.13 bits per heavy atom. The van der Waals surface area contributed by atoms with E-state index in [9.17, 15) is 4.79 Å². The molecule has 0 atom stereocenters. The lowest BCUT2D eigenvalue weighted by Crippen LogP contribution is -2.09. The minimum Gasteiger partial charge on any atom is -0.340 e. The van der Waals surface area contributed by atoms with Crippen LogP contribution in [0.1, 0.15) is 16.7 Å². The third-order valence-corrected chi connectivity index (χ3v) is 5.32. The predicted octanol–water partition coefficient (Wildman–Crippen LogP) is 5.01. The summed E-state index contributed by atoms with van der Waals surface area (Å²) >= 11 is 1.71. The fraction of sp³-hybridized carbons (Fsp3) is 0.0870. The quantitative estimate of drug-likeness (QED) is 0.343. The van der Waals surface area contributed by atoms with E-state index in [1.807, 2.05) is 6.07 Å². The number of nitrogens with zero attached hydrogens (tertiary/aromatic N) is 3. The number of fused-ring (bicyclic) bond motifs is 1. The number of pyridine rings is 1. The first-order chi connectivity index (χ1) is 14.6. The van der Waals surface area contributed by atoms with Crippen LogP contribution in [0.25, 0.3) is 10.9 Å². The van der Waals surface area contributed by atoms with Crippen molar-refractivity contribution in [3.63, 3.8) is 0 Å². The number of aromatic nitrogens is 3. The van der Waals surface area contributed by atoms with Gasteiger partial charge in [-0.25, -0.2) is 15.0 Å². The van der Waals surface area contributed by atoms with E-state index in [-0.39, 0.29) is 5.91 Å². The smallest absolute Gasteiger partial charge is 0.257 e. The van der Waals surface area contributed by atoms with Crippen LogP contribution < -0.4 is 10.6 Å². The van der Waals surface area contributed by atoms with Crippen LogP contribution >= 0.6 is 11.3 Å². The molecule has 7 heteroatoms. The normalized spacial score (nSPS) is 10.4. The molecule has 3 aromatic heterocycles. The van der Waals surface area contributed by atoms with Crippen molar-refractivity contribution in [3.05, 3.63) is 88.7 Å². The molecule has 0 aliphatic rings. The molecule has 0 unspecified atom stereocenters. The number of carbonyl (C=O) groups excluding carboxylic acids is 1. The van der Waals surface area contributed by atoms with E-state index in [4.69, 9.17) is 0 Å². The van der Waals surface area contributed by atoms with Crippen molar-refractivity contribution in [2.45, 2.75) is 13.3 Å². The van der Waals surface area contributed by atoms with E-state index in [2.05, 4.69) is 73.8 Å². The number of hydrogen-bond donors (Lipinski definition) is 2. The standard InChI is InChI=1S/C23H19N5OS/c1-3-4-22(29)28-21-11-19-20(12-24-21)25-14-26-23(19)27-18-6-5-17(15(2)9-18)10-16-7-8-30-13-16/h4-9,11-14H,1,10H2,2H3,(H,24,28,29)(H,25,26,27). The lowest BCUT2D eigenvalue weighted by Gasteiger charge is -2.12. The van der Waals surface area contributed by atoms with Crippen molar-refractivity contribution in [3.8, 4) is 0 Å². The lowest BCUT2D eigenvalue weighted by molar-refractivity contribution is -0.111. The fourth-order valence-corrected chi connectivity index (χ4v) is 3.77. The summed E-state index contributed by atoms with van der Waals surface area (Å²) in [5.41, 5.74) is 7.86. The van der Waals surface area contributed by atoms with E-state index >= 15 is 0 Å². The van der Waals surface area contributed by atoms with E-state index in [1.54, 1.807) is 23.6 Å². The minimum absolute atomic E-state index is 0.347. The van der Waals surface area contributed by atoms with Gasteiger partial charge in [-0.05, 0) is 65.1 Å². The van der Waals surface area contributed by atoms with E-state index < -0.39 is 0 Å². The Morgan fingerprint density at radius 1 is 1.23 bits per heavy atom. The number of benzene rings is 1. The monoisotopic (exact) mass is 413 g/mol. The van der Waals surface area contributed by atoms with Gasteiger partial charge in [-0.15, -0.1) is 5.73 Å². The number of hydrogen-bond acceptors (Lipinski definition) is 6. The van der Waals surface area contributed by atoms with Crippen LogP contribution in [0.5, 0.6) is 0 Å². The molecular weight excluding hydrogens is 394 g/mol. The van der Waals surface area contributed by atoms with Gasteiger partial charge < -0.3 is 10.6 Å². The van der Waals surface area contributed by atoms with Crippen molar-refractivity contribution in [1.82, 2.24) is 15.0 Å². The second-order valence-electron chi connectivity index (χ2n) is 6.72. The van der Waals surface area contributed by atoms with Gasteiger partial charge in [0.25, 0.3) is 5.91 Å². The topological polar surface area (TPSA) is 79.8 Å². The summed E-state index contributed by atoms with van der Waals surface area (Å²) in [7, 11) is 0. The van der Waals surface area contributed by atoms with Gasteiger partial charge in [0.2, 0.25) is 0 Å². The summed E-state index contributed by atoms with van der Waals surface area (Å²) < 4.78 is 0. The molecular formula is C23H19N5OS. The molecule has 0 fully saturated rings. The molecule has 0 bridgehead atoms. The van der Waals surface area contributed by atoms with E-state index in [0.29, 0.717) is 17.2 Å². The molecule has 0 spiro atoms. The van der Waals surface area contributed by atoms with Gasteiger partial charge in [-0.1, -0.05) is 12.6 Å². The molecule has 1 aromatic carbocycles. The highest BCUT2D eigenvalue weighted by atomic mass is 32.1. The molecule has 3 heterocycles. The van der Waals surface area contributed by atoms with E-state index in [0.717, 1.165) is 17.5 Å². The van der Waals surface area contributed by atoms with Gasteiger partial charge in [0.1, 0.15) is 18.0 Å². The second-order valence-corrected chi connectivity index (χ2v) is 7.50. The Bertz CT molecular complexity index is 1260. The first kappa shape index (κ1) is 19.5. The average molecular weight is 414 g/mol. The van der Waals surface area contributed by atoms with Crippen molar-refractivity contribution in [1.29, 1.82) is 0 Å². The van der Waals surface area contributed by atoms with Gasteiger partial charge >= 0.3 is 0 Å². The van der Waals surface area contributed by atoms with Crippen LogP contribution in [0, 0.1) is 6.92 Å². The third kappa shape index (κ3) is 4.43. The summed E-state index contributed by atoms with van der Waals surface area (Å²) in [6.45, 7) is 5.50. The molecule has 0 saturated heterocycles. The molecule has 0 aliphatic carbocycles. The zero-order valence-electron chi connectivity index (χ0n) is 16.3. The Hall–Kier alpha value is -3.80. The molecule has 0 radical (unpaired) electrons. The Balaban J connectivity index is 1.60. The summed E-state index contributed by atoms with van der Waals surface area (Å²) in [6, 6.07) is 10.2. The third-order valence-electron chi connectivity index (χ3n) is 4.59. The van der Waals surface area contributed by atoms with Crippen molar-refractivity contribution >= 4 is 45.5 Å². The van der Waals surface area contributed by atoms with Crippen LogP contribution in [0.2, 0.25) is 0 Å². The van der Waals surface area contributed by atoms with Crippen molar-refractivity contribution < 1.29 is 4.79 Å². The molecule has 4 rings (SSSR count). The lowest BCUT2D eigenvalue weighted by atomic mass is 10.0. The van der Waals surface area contributed by atoms with E-state index in [1.165, 1.54) is 29.1 Å².